The van der Waals surface area contributed by atoms with Gasteiger partial charge in [-0.2, -0.15) is 0 Å². The molecule has 0 fully saturated rings. The lowest BCUT2D eigenvalue weighted by Gasteiger charge is -2.19. The third-order valence-corrected chi connectivity index (χ3v) is 4.82. The molecular weight excluding hydrogens is 353 g/mol. The highest BCUT2D eigenvalue weighted by Gasteiger charge is 2.35. The highest BCUT2D eigenvalue weighted by molar-refractivity contribution is 6.40. The lowest BCUT2D eigenvalue weighted by molar-refractivity contribution is 0.0595. The van der Waals surface area contributed by atoms with E-state index in [1.54, 1.807) is 26.0 Å². The van der Waals surface area contributed by atoms with E-state index in [-0.39, 0.29) is 11.6 Å². The van der Waals surface area contributed by atoms with Crippen molar-refractivity contribution in [1.29, 1.82) is 0 Å². The summed E-state index contributed by atoms with van der Waals surface area (Å²) >= 11 is 12.6. The average molecular weight is 370 g/mol. The van der Waals surface area contributed by atoms with Crippen LogP contribution in [0.1, 0.15) is 35.9 Å². The molecule has 6 nitrogen and oxygen atoms in total. The van der Waals surface area contributed by atoms with Crippen LogP contribution in [-0.2, 0) is 18.6 Å². The van der Waals surface area contributed by atoms with Crippen molar-refractivity contribution in [2.75, 3.05) is 5.32 Å². The van der Waals surface area contributed by atoms with Crippen molar-refractivity contribution in [1.82, 2.24) is 10.5 Å². The van der Waals surface area contributed by atoms with E-state index in [2.05, 4.69) is 15.8 Å². The van der Waals surface area contributed by atoms with Gasteiger partial charge in [0.05, 0.1) is 27.9 Å². The number of aryl methyl sites for hydroxylation is 1. The summed E-state index contributed by atoms with van der Waals surface area (Å²) in [4.78, 5) is 12.1. The minimum atomic E-state index is -0.950. The number of aliphatic hydroxyl groups is 1. The molecule has 2 aromatic rings. The molecule has 8 heteroatoms. The minimum absolute atomic E-state index is 0.220. The van der Waals surface area contributed by atoms with Crippen LogP contribution in [0.4, 0.5) is 10.5 Å². The Kier molecular flexibility index (Phi) is 4.46. The van der Waals surface area contributed by atoms with E-state index in [0.29, 0.717) is 40.6 Å². The van der Waals surface area contributed by atoms with Gasteiger partial charge in [0.15, 0.2) is 0 Å². The van der Waals surface area contributed by atoms with Gasteiger partial charge >= 0.3 is 6.03 Å². The van der Waals surface area contributed by atoms with Crippen molar-refractivity contribution < 1.29 is 14.4 Å². The number of urea groups is 1. The van der Waals surface area contributed by atoms with Crippen LogP contribution in [0.3, 0.4) is 0 Å². The predicted octanol–water partition coefficient (Wildman–Crippen LogP) is 3.77. The summed E-state index contributed by atoms with van der Waals surface area (Å²) in [6.07, 6.45) is 1.20. The quantitative estimate of drug-likeness (QED) is 0.768. The van der Waals surface area contributed by atoms with Gasteiger partial charge in [-0.1, -0.05) is 28.4 Å². The number of carbonyl (C=O) groups is 1. The van der Waals surface area contributed by atoms with E-state index in [1.807, 2.05) is 0 Å². The third kappa shape index (κ3) is 3.22. The number of halogens is 2. The van der Waals surface area contributed by atoms with Gasteiger partial charge < -0.3 is 20.3 Å². The average Bonchev–Trinajstić information content (AvgIpc) is 3.05. The normalized spacial score (nSPS) is 19.2. The van der Waals surface area contributed by atoms with Crippen LogP contribution in [-0.4, -0.2) is 16.3 Å². The van der Waals surface area contributed by atoms with Gasteiger partial charge in [0.25, 0.3) is 0 Å². The number of rotatable bonds is 3. The molecule has 1 aromatic carbocycles. The molecule has 0 radical (unpaired) electrons. The molecule has 0 spiro atoms. The standard InChI is InChI=1S/C16H17Cl2N3O3/c1-8-5-9(21-24-8)7-19-15(22)20-14-12(17)6-11-10(13(14)18)3-4-16(11,2)23/h5-6,23H,3-4,7H2,1-2H3,(H2,19,20,22). The minimum Gasteiger partial charge on any atom is -0.385 e. The first-order valence-electron chi connectivity index (χ1n) is 7.48. The Morgan fingerprint density at radius 1 is 1.46 bits per heavy atom. The molecule has 3 N–H and O–H groups in total. The van der Waals surface area contributed by atoms with Crippen molar-refractivity contribution >= 4 is 34.9 Å². The van der Waals surface area contributed by atoms with Crippen molar-refractivity contribution in [2.45, 2.75) is 38.8 Å². The van der Waals surface area contributed by atoms with E-state index in [0.717, 1.165) is 5.56 Å². The SMILES string of the molecule is Cc1cc(CNC(=O)Nc2c(Cl)cc3c(c2Cl)CCC3(C)O)no1. The molecule has 1 aromatic heterocycles. The zero-order valence-electron chi connectivity index (χ0n) is 13.2. The molecule has 24 heavy (non-hydrogen) atoms. The first-order valence-corrected chi connectivity index (χ1v) is 8.24. The van der Waals surface area contributed by atoms with E-state index in [4.69, 9.17) is 27.7 Å². The summed E-state index contributed by atoms with van der Waals surface area (Å²) in [5.41, 5.74) is 1.53. The molecule has 1 heterocycles. The summed E-state index contributed by atoms with van der Waals surface area (Å²) in [7, 11) is 0. The number of hydrogen-bond donors (Lipinski definition) is 3. The number of hydrogen-bond acceptors (Lipinski definition) is 4. The van der Waals surface area contributed by atoms with Gasteiger partial charge in [-0.3, -0.25) is 0 Å². The monoisotopic (exact) mass is 369 g/mol. The third-order valence-electron chi connectivity index (χ3n) is 4.11. The Morgan fingerprint density at radius 3 is 2.88 bits per heavy atom. The van der Waals surface area contributed by atoms with Crippen LogP contribution >= 0.6 is 23.2 Å². The number of benzene rings is 1. The van der Waals surface area contributed by atoms with Crippen LogP contribution in [0.2, 0.25) is 10.0 Å². The Balaban J connectivity index is 1.74. The molecule has 2 amide bonds. The summed E-state index contributed by atoms with van der Waals surface area (Å²) in [6.45, 7) is 3.72. The first kappa shape index (κ1) is 17.1. The summed E-state index contributed by atoms with van der Waals surface area (Å²) in [6, 6.07) is 2.94. The number of aromatic nitrogens is 1. The predicted molar refractivity (Wildman–Crippen MR) is 91.5 cm³/mol. The Labute approximate surface area is 149 Å². The summed E-state index contributed by atoms with van der Waals surface area (Å²) in [5, 5.41) is 20.1. The highest BCUT2D eigenvalue weighted by Crippen LogP contribution is 2.45. The van der Waals surface area contributed by atoms with Gasteiger partial charge in [-0.15, -0.1) is 0 Å². The van der Waals surface area contributed by atoms with Crippen LogP contribution in [0.25, 0.3) is 0 Å². The molecule has 0 saturated heterocycles. The molecule has 1 unspecified atom stereocenters. The number of nitrogens with zero attached hydrogens (tertiary/aromatic N) is 1. The van der Waals surface area contributed by atoms with Crippen molar-refractivity contribution in [3.8, 4) is 0 Å². The van der Waals surface area contributed by atoms with Crippen LogP contribution in [0.15, 0.2) is 16.7 Å². The van der Waals surface area contributed by atoms with Gasteiger partial charge in [-0.05, 0) is 43.9 Å². The summed E-state index contributed by atoms with van der Waals surface area (Å²) < 4.78 is 4.94. The van der Waals surface area contributed by atoms with Gasteiger partial charge in [0, 0.05) is 6.07 Å². The zero-order valence-corrected chi connectivity index (χ0v) is 14.8. The maximum absolute atomic E-state index is 12.1. The lowest BCUT2D eigenvalue weighted by atomic mass is 9.98. The zero-order chi connectivity index (χ0) is 17.5. The fourth-order valence-electron chi connectivity index (χ4n) is 2.83. The highest BCUT2D eigenvalue weighted by atomic mass is 35.5. The largest absolute Gasteiger partial charge is 0.385 e. The van der Waals surface area contributed by atoms with Gasteiger partial charge in [-0.25, -0.2) is 4.79 Å². The number of fused-ring (bicyclic) bond motifs is 1. The molecule has 1 aliphatic carbocycles. The number of carbonyl (C=O) groups excluding carboxylic acids is 1. The second-order valence-electron chi connectivity index (χ2n) is 6.08. The van der Waals surface area contributed by atoms with Gasteiger partial charge in [0.1, 0.15) is 11.5 Å². The molecule has 128 valence electrons. The second-order valence-corrected chi connectivity index (χ2v) is 6.87. The molecule has 1 aliphatic rings. The molecule has 0 bridgehead atoms. The second kappa shape index (κ2) is 6.27. The smallest absolute Gasteiger partial charge is 0.319 e. The van der Waals surface area contributed by atoms with Gasteiger partial charge in [0.2, 0.25) is 0 Å². The van der Waals surface area contributed by atoms with E-state index >= 15 is 0 Å². The topological polar surface area (TPSA) is 87.4 Å². The van der Waals surface area contributed by atoms with Crippen LogP contribution < -0.4 is 10.6 Å². The maximum atomic E-state index is 12.1. The van der Waals surface area contributed by atoms with E-state index in [9.17, 15) is 9.90 Å². The number of amides is 2. The van der Waals surface area contributed by atoms with Crippen LogP contribution in [0, 0.1) is 6.92 Å². The molecule has 0 aliphatic heterocycles. The first-order chi connectivity index (χ1) is 11.3. The lowest BCUT2D eigenvalue weighted by Crippen LogP contribution is -2.28. The number of nitrogens with one attached hydrogen (secondary N) is 2. The molecule has 1 atom stereocenters. The fourth-order valence-corrected chi connectivity index (χ4v) is 3.48. The molecule has 0 saturated carbocycles. The van der Waals surface area contributed by atoms with Crippen LogP contribution in [0.5, 0.6) is 0 Å². The van der Waals surface area contributed by atoms with E-state index < -0.39 is 11.6 Å². The van der Waals surface area contributed by atoms with Crippen molar-refractivity contribution in [2.24, 2.45) is 0 Å². The number of anilines is 1. The fraction of sp³-hybridized carbons (Fsp3) is 0.375. The Hall–Kier alpha value is -1.76. The van der Waals surface area contributed by atoms with E-state index in [1.165, 1.54) is 0 Å². The van der Waals surface area contributed by atoms with Crippen molar-refractivity contribution in [3.05, 3.63) is 44.8 Å². The molecular formula is C16H17Cl2N3O3. The summed E-state index contributed by atoms with van der Waals surface area (Å²) in [5.74, 6) is 0.670. The molecule has 3 rings (SSSR count). The maximum Gasteiger partial charge on any atom is 0.319 e. The Bertz CT molecular complexity index is 802. The van der Waals surface area contributed by atoms with Crippen molar-refractivity contribution in [3.63, 3.8) is 0 Å². The Morgan fingerprint density at radius 2 is 2.21 bits per heavy atom.